The Morgan fingerprint density at radius 2 is 0.488 bits per heavy atom. The van der Waals surface area contributed by atoms with Gasteiger partial charge < -0.3 is 0 Å². The molecule has 196 valence electrons. The van der Waals surface area contributed by atoms with Crippen molar-refractivity contribution in [1.82, 2.24) is 0 Å². The third kappa shape index (κ3) is 4.80. The fraction of sp³-hybridized carbons (Fsp3) is 0. The molecule has 0 aliphatic heterocycles. The van der Waals surface area contributed by atoms with Crippen molar-refractivity contribution in [1.29, 1.82) is 0 Å². The second kappa shape index (κ2) is 12.4. The van der Waals surface area contributed by atoms with Gasteiger partial charge in [0.05, 0.1) is 0 Å². The van der Waals surface area contributed by atoms with Crippen molar-refractivity contribution in [2.45, 2.75) is 0 Å². The summed E-state index contributed by atoms with van der Waals surface area (Å²) in [7, 11) is 0. The SMILES string of the molecule is [N-]=[N+]=[C]([Sn]([c]1ccccc1)([c]1ccccc1)[c]1ccccc1)[Sn]([c]1ccccc1)([c]1ccccc1)[c]1ccccc1. The van der Waals surface area contributed by atoms with E-state index in [-0.39, 0.29) is 0 Å². The minimum atomic E-state index is -4.31. The minimum absolute atomic E-state index is 1.01. The van der Waals surface area contributed by atoms with Gasteiger partial charge in [-0.05, 0) is 0 Å². The Balaban J connectivity index is 1.87. The number of hydrogen-bond acceptors (Lipinski definition) is 0. The normalized spacial score (nSPS) is 11.4. The molecule has 0 aromatic heterocycles. The van der Waals surface area contributed by atoms with Gasteiger partial charge in [-0.2, -0.15) is 0 Å². The van der Waals surface area contributed by atoms with Crippen molar-refractivity contribution in [3.63, 3.8) is 0 Å². The molecule has 6 rings (SSSR count). The van der Waals surface area contributed by atoms with E-state index >= 15 is 0 Å². The third-order valence-corrected chi connectivity index (χ3v) is 47.6. The number of benzene rings is 6. The monoisotopic (exact) mass is 742 g/mol. The molecule has 6 aromatic rings. The quantitative estimate of drug-likeness (QED) is 0.0978. The van der Waals surface area contributed by atoms with E-state index in [1.54, 1.807) is 0 Å². The second-order valence-electron chi connectivity index (χ2n) is 10.1. The Labute approximate surface area is 250 Å². The summed E-state index contributed by atoms with van der Waals surface area (Å²) in [5, 5.41) is 0. The van der Waals surface area contributed by atoms with Crippen LogP contribution >= 0.6 is 0 Å². The molecule has 4 heteroatoms. The van der Waals surface area contributed by atoms with Crippen molar-refractivity contribution in [3.8, 4) is 0 Å². The van der Waals surface area contributed by atoms with E-state index in [0.717, 1.165) is 1.74 Å². The molecule has 0 saturated heterocycles. The van der Waals surface area contributed by atoms with Crippen LogP contribution in [0.25, 0.3) is 5.53 Å². The molecule has 41 heavy (non-hydrogen) atoms. The molecule has 0 radical (unpaired) electrons. The van der Waals surface area contributed by atoms with Gasteiger partial charge in [-0.1, -0.05) is 0 Å². The fourth-order valence-corrected chi connectivity index (χ4v) is 58.4. The topological polar surface area (TPSA) is 36.4 Å². The van der Waals surface area contributed by atoms with E-state index in [4.69, 9.17) is 0 Å². The Hall–Kier alpha value is -3.70. The maximum atomic E-state index is 11.7. The zero-order valence-corrected chi connectivity index (χ0v) is 28.4. The molecule has 0 spiro atoms. The molecule has 6 aromatic carbocycles. The van der Waals surface area contributed by atoms with Crippen LogP contribution in [0.15, 0.2) is 182 Å². The summed E-state index contributed by atoms with van der Waals surface area (Å²) in [4.78, 5) is 4.59. The van der Waals surface area contributed by atoms with Gasteiger partial charge in [0.1, 0.15) is 0 Å². The first-order chi connectivity index (χ1) is 20.3. The Kier molecular flexibility index (Phi) is 8.33. The Morgan fingerprint density at radius 1 is 0.317 bits per heavy atom. The molecule has 0 fully saturated rings. The van der Waals surface area contributed by atoms with E-state index in [9.17, 15) is 5.53 Å². The predicted molar refractivity (Wildman–Crippen MR) is 177 cm³/mol. The first kappa shape index (κ1) is 27.5. The fourth-order valence-electron chi connectivity index (χ4n) is 6.38. The van der Waals surface area contributed by atoms with E-state index in [0.29, 0.717) is 0 Å². The first-order valence-electron chi connectivity index (χ1n) is 13.9. The Morgan fingerprint density at radius 3 is 0.634 bits per heavy atom. The van der Waals surface area contributed by atoms with Crippen LogP contribution in [0, 0.1) is 0 Å². The van der Waals surface area contributed by atoms with Crippen LogP contribution in [0.4, 0.5) is 0 Å². The van der Waals surface area contributed by atoms with Gasteiger partial charge in [0.15, 0.2) is 0 Å². The van der Waals surface area contributed by atoms with Gasteiger partial charge >= 0.3 is 252 Å². The first-order valence-corrected chi connectivity index (χ1v) is 25.3. The van der Waals surface area contributed by atoms with E-state index in [1.165, 1.54) is 21.5 Å². The average molecular weight is 740 g/mol. The number of nitrogens with zero attached hydrogens (tertiary/aromatic N) is 2. The van der Waals surface area contributed by atoms with Crippen LogP contribution in [-0.4, -0.2) is 43.3 Å². The molecule has 2 nitrogen and oxygen atoms in total. The van der Waals surface area contributed by atoms with Crippen LogP contribution in [0.2, 0.25) is 0 Å². The average Bonchev–Trinajstić information content (AvgIpc) is 3.07. The third-order valence-electron chi connectivity index (χ3n) is 8.05. The number of rotatable bonds is 8. The predicted octanol–water partition coefficient (Wildman–Crippen LogP) is 4.08. The molecule has 0 saturated carbocycles. The van der Waals surface area contributed by atoms with Crippen LogP contribution in [-0.2, 0) is 0 Å². The van der Waals surface area contributed by atoms with Crippen LogP contribution in [0.1, 0.15) is 0 Å². The van der Waals surface area contributed by atoms with Crippen LogP contribution in [0.5, 0.6) is 0 Å². The van der Waals surface area contributed by atoms with Crippen LogP contribution < -0.4 is 21.5 Å². The van der Waals surface area contributed by atoms with Crippen molar-refractivity contribution < 1.29 is 4.79 Å². The molecule has 0 heterocycles. The standard InChI is InChI=1S/6C6H5.CN2.2Sn/c6*1-2-4-6-5-3-1;1-3-2;;/h6*1-5H;;;. The summed E-state index contributed by atoms with van der Waals surface area (Å²) in [5.41, 5.74) is 11.7. The maximum absolute atomic E-state index is 11.7. The van der Waals surface area contributed by atoms with Crippen molar-refractivity contribution in [2.75, 3.05) is 0 Å². The second-order valence-corrected chi connectivity index (χ2v) is 35.4. The molecule has 0 unspecified atom stereocenters. The van der Waals surface area contributed by atoms with Gasteiger partial charge in [-0.15, -0.1) is 0 Å². The van der Waals surface area contributed by atoms with Crippen molar-refractivity contribution in [3.05, 3.63) is 188 Å². The van der Waals surface area contributed by atoms with Crippen LogP contribution in [0.3, 0.4) is 0 Å². The van der Waals surface area contributed by atoms with Gasteiger partial charge in [-0.25, -0.2) is 0 Å². The van der Waals surface area contributed by atoms with Gasteiger partial charge in [0.2, 0.25) is 0 Å². The summed E-state index contributed by atoms with van der Waals surface area (Å²) in [6.07, 6.45) is 0. The summed E-state index contributed by atoms with van der Waals surface area (Å²) < 4.78 is 8.66. The molecular formula is C37H30N2Sn2. The number of hydrogen-bond donors (Lipinski definition) is 0. The molecule has 0 bridgehead atoms. The molecule has 0 N–H and O–H groups in total. The summed E-state index contributed by atoms with van der Waals surface area (Å²) >= 11 is -8.62. The van der Waals surface area contributed by atoms with Crippen molar-refractivity contribution >= 4 is 60.0 Å². The van der Waals surface area contributed by atoms with E-state index < -0.39 is 36.8 Å². The van der Waals surface area contributed by atoms with Gasteiger partial charge in [-0.3, -0.25) is 0 Å². The Bertz CT molecular complexity index is 1430. The summed E-state index contributed by atoms with van der Waals surface area (Å²) in [6, 6.07) is 65.2. The van der Waals surface area contributed by atoms with Gasteiger partial charge in [0.25, 0.3) is 0 Å². The van der Waals surface area contributed by atoms with Gasteiger partial charge in [0, 0.05) is 0 Å². The molecule has 0 aliphatic rings. The summed E-state index contributed by atoms with van der Waals surface area (Å²) in [5.74, 6) is 0. The van der Waals surface area contributed by atoms with E-state index in [2.05, 4.69) is 187 Å². The van der Waals surface area contributed by atoms with Crippen molar-refractivity contribution in [2.24, 2.45) is 0 Å². The molecule has 0 amide bonds. The molecule has 0 atom stereocenters. The van der Waals surface area contributed by atoms with E-state index in [1.807, 2.05) is 0 Å². The summed E-state index contributed by atoms with van der Waals surface area (Å²) in [6.45, 7) is 0. The zero-order chi connectivity index (χ0) is 28.0. The zero-order valence-electron chi connectivity index (χ0n) is 22.7. The molecule has 0 aliphatic carbocycles. The molecular weight excluding hydrogens is 710 g/mol.